The lowest BCUT2D eigenvalue weighted by atomic mass is 9.93. The number of benzene rings is 3. The molecule has 0 bridgehead atoms. The van der Waals surface area contributed by atoms with E-state index in [-0.39, 0.29) is 0 Å². The number of hydrogen-bond donors (Lipinski definition) is 2. The Balaban J connectivity index is 1.30. The average Bonchev–Trinajstić information content (AvgIpc) is 3.64. The summed E-state index contributed by atoms with van der Waals surface area (Å²) in [5.41, 5.74) is 4.67. The maximum absolute atomic E-state index is 12.7. The molecule has 1 fully saturated rings. The summed E-state index contributed by atoms with van der Waals surface area (Å²) in [6, 6.07) is 22.9. The highest BCUT2D eigenvalue weighted by Crippen LogP contribution is 2.48. The van der Waals surface area contributed by atoms with Crippen LogP contribution in [-0.2, 0) is 14.9 Å². The van der Waals surface area contributed by atoms with E-state index in [9.17, 15) is 14.7 Å². The molecule has 1 heterocycles. The van der Waals surface area contributed by atoms with E-state index < -0.39 is 23.6 Å². The molecule has 1 saturated carbocycles. The molecule has 2 N–H and O–H groups in total. The van der Waals surface area contributed by atoms with Crippen molar-refractivity contribution < 1.29 is 24.0 Å². The van der Waals surface area contributed by atoms with Crippen LogP contribution in [0.3, 0.4) is 0 Å². The fourth-order valence-electron chi connectivity index (χ4n) is 4.42. The van der Waals surface area contributed by atoms with E-state index in [1.807, 2.05) is 72.8 Å². The van der Waals surface area contributed by atoms with Gasteiger partial charge in [-0.15, -0.1) is 0 Å². The molecule has 1 aromatic heterocycles. The molecule has 4 aromatic rings. The molecular weight excluding hydrogens is 536 g/mol. The predicted octanol–water partition coefficient (Wildman–Crippen LogP) is 7.51. The molecule has 5 rings (SSSR count). The molecule has 1 aliphatic carbocycles. The Bertz CT molecular complexity index is 1460. The first-order valence-corrected chi connectivity index (χ1v) is 12.7. The Kier molecular flexibility index (Phi) is 6.60. The molecule has 0 spiro atoms. The number of carboxylic acids is 1. The number of aryl methyl sites for hydroxylation is 1. The largest absolute Gasteiger partial charge is 0.481 e. The second-order valence-electron chi connectivity index (χ2n) is 9.21. The minimum atomic E-state index is -0.761. The molecule has 0 aliphatic heterocycles. The zero-order valence-corrected chi connectivity index (χ0v) is 21.9. The average molecular weight is 561 g/mol. The van der Waals surface area contributed by atoms with Crippen LogP contribution >= 0.6 is 15.9 Å². The van der Waals surface area contributed by atoms with E-state index in [4.69, 9.17) is 9.26 Å². The molecule has 37 heavy (non-hydrogen) atoms. The smallest absolute Gasteiger partial charge is 0.412 e. The van der Waals surface area contributed by atoms with Gasteiger partial charge in [-0.25, -0.2) is 4.79 Å². The van der Waals surface area contributed by atoms with E-state index >= 15 is 0 Å². The lowest BCUT2D eigenvalue weighted by Gasteiger charge is -2.15. The Morgan fingerprint density at radius 2 is 1.59 bits per heavy atom. The summed E-state index contributed by atoms with van der Waals surface area (Å²) in [7, 11) is 0. The minimum Gasteiger partial charge on any atom is -0.481 e. The van der Waals surface area contributed by atoms with E-state index in [2.05, 4.69) is 26.4 Å². The van der Waals surface area contributed by atoms with E-state index in [0.29, 0.717) is 30.0 Å². The number of carboxylic acid groups (broad SMARTS) is 1. The number of nitrogens with one attached hydrogen (secondary N) is 1. The van der Waals surface area contributed by atoms with Crippen LogP contribution in [-0.4, -0.2) is 22.3 Å². The fourth-order valence-corrected chi connectivity index (χ4v) is 5.03. The number of amides is 1. The number of aliphatic carboxylic acids is 1. The van der Waals surface area contributed by atoms with Crippen molar-refractivity contribution >= 4 is 33.7 Å². The van der Waals surface area contributed by atoms with Gasteiger partial charge in [0, 0.05) is 15.6 Å². The van der Waals surface area contributed by atoms with Crippen LogP contribution < -0.4 is 5.32 Å². The van der Waals surface area contributed by atoms with Crippen molar-refractivity contribution in [2.45, 2.75) is 38.2 Å². The third-order valence-electron chi connectivity index (χ3n) is 6.79. The van der Waals surface area contributed by atoms with Gasteiger partial charge in [-0.3, -0.25) is 10.1 Å². The van der Waals surface area contributed by atoms with Crippen LogP contribution in [0.25, 0.3) is 22.5 Å². The molecular formula is C29H25BrN2O5. The van der Waals surface area contributed by atoms with Gasteiger partial charge in [-0.2, -0.15) is 0 Å². The quantitative estimate of drug-likeness (QED) is 0.242. The number of carbonyl (C=O) groups excluding carboxylic acids is 1. The first-order valence-electron chi connectivity index (χ1n) is 11.9. The second kappa shape index (κ2) is 9.86. The van der Waals surface area contributed by atoms with Gasteiger partial charge in [-0.1, -0.05) is 87.8 Å². The van der Waals surface area contributed by atoms with Crippen LogP contribution in [0.5, 0.6) is 0 Å². The van der Waals surface area contributed by atoms with Gasteiger partial charge in [0.05, 0.1) is 5.41 Å². The summed E-state index contributed by atoms with van der Waals surface area (Å²) < 4.78 is 12.0. The molecule has 1 atom stereocenters. The Morgan fingerprint density at radius 3 is 2.19 bits per heavy atom. The third-order valence-corrected chi connectivity index (χ3v) is 7.52. The SMILES string of the molecule is Cc1noc(-c2ccc(-c3ccc(C4(C(=O)O)CC4)cc3)cc2)c1NC(=O)OC(C)c1ccccc1Br. The van der Waals surface area contributed by atoms with Crippen molar-refractivity contribution in [2.24, 2.45) is 0 Å². The van der Waals surface area contributed by atoms with Crippen LogP contribution in [0.2, 0.25) is 0 Å². The van der Waals surface area contributed by atoms with Crippen LogP contribution in [0.1, 0.15) is 42.7 Å². The first-order chi connectivity index (χ1) is 17.8. The van der Waals surface area contributed by atoms with Crippen molar-refractivity contribution in [1.29, 1.82) is 0 Å². The van der Waals surface area contributed by atoms with Crippen molar-refractivity contribution in [2.75, 3.05) is 5.32 Å². The molecule has 0 radical (unpaired) electrons. The highest BCUT2D eigenvalue weighted by molar-refractivity contribution is 9.10. The maximum atomic E-state index is 12.7. The number of nitrogens with zero attached hydrogens (tertiary/aromatic N) is 1. The van der Waals surface area contributed by atoms with Gasteiger partial charge >= 0.3 is 12.1 Å². The first kappa shape index (κ1) is 24.8. The number of aromatic nitrogens is 1. The van der Waals surface area contributed by atoms with Gasteiger partial charge in [0.1, 0.15) is 17.5 Å². The van der Waals surface area contributed by atoms with E-state index in [0.717, 1.165) is 32.3 Å². The Morgan fingerprint density at radius 1 is 1.00 bits per heavy atom. The summed E-state index contributed by atoms with van der Waals surface area (Å²) in [6.45, 7) is 3.55. The molecule has 3 aromatic carbocycles. The van der Waals surface area contributed by atoms with Crippen LogP contribution in [0.15, 0.2) is 81.8 Å². The summed E-state index contributed by atoms with van der Waals surface area (Å²) >= 11 is 3.48. The topological polar surface area (TPSA) is 102 Å². The molecule has 1 aliphatic rings. The number of anilines is 1. The predicted molar refractivity (Wildman–Crippen MR) is 143 cm³/mol. The van der Waals surface area contributed by atoms with Gasteiger partial charge in [0.25, 0.3) is 0 Å². The minimum absolute atomic E-state index is 0.432. The lowest BCUT2D eigenvalue weighted by molar-refractivity contribution is -0.140. The van der Waals surface area contributed by atoms with Gasteiger partial charge in [-0.05, 0) is 49.4 Å². The maximum Gasteiger partial charge on any atom is 0.412 e. The third kappa shape index (κ3) is 4.89. The zero-order valence-electron chi connectivity index (χ0n) is 20.3. The zero-order chi connectivity index (χ0) is 26.2. The summed E-state index contributed by atoms with van der Waals surface area (Å²) in [4.78, 5) is 24.3. The monoisotopic (exact) mass is 560 g/mol. The number of halogens is 1. The highest BCUT2D eigenvalue weighted by Gasteiger charge is 2.51. The van der Waals surface area contributed by atoms with Crippen molar-refractivity contribution in [1.82, 2.24) is 5.16 Å². The van der Waals surface area contributed by atoms with E-state index in [1.165, 1.54) is 0 Å². The second-order valence-corrected chi connectivity index (χ2v) is 10.1. The Hall–Kier alpha value is -3.91. The molecule has 1 unspecified atom stereocenters. The number of ether oxygens (including phenoxy) is 1. The van der Waals surface area contributed by atoms with Crippen molar-refractivity contribution in [3.05, 3.63) is 94.1 Å². The van der Waals surface area contributed by atoms with Crippen LogP contribution in [0.4, 0.5) is 10.5 Å². The van der Waals surface area contributed by atoms with E-state index in [1.54, 1.807) is 13.8 Å². The number of carbonyl (C=O) groups is 2. The number of hydrogen-bond acceptors (Lipinski definition) is 5. The lowest BCUT2D eigenvalue weighted by Crippen LogP contribution is -2.19. The standard InChI is InChI=1S/C29H25BrN2O5/c1-17-25(31-28(35)36-18(2)23-5-3-4-6-24(23)30)26(37-32-17)21-9-7-19(8-10-21)20-11-13-22(14-12-20)29(15-16-29)27(33)34/h3-14,18H,15-16H2,1-2H3,(H,31,35)(H,33,34). The number of rotatable bonds is 7. The summed E-state index contributed by atoms with van der Waals surface area (Å²) in [6.07, 6.45) is 0.289. The summed E-state index contributed by atoms with van der Waals surface area (Å²) in [5, 5.41) is 16.3. The van der Waals surface area contributed by atoms with Crippen molar-refractivity contribution in [3.63, 3.8) is 0 Å². The summed E-state index contributed by atoms with van der Waals surface area (Å²) in [5.74, 6) is -0.329. The van der Waals surface area contributed by atoms with Crippen LogP contribution in [0, 0.1) is 6.92 Å². The fraction of sp³-hybridized carbons (Fsp3) is 0.207. The molecule has 188 valence electrons. The normalized spacial score (nSPS) is 14.6. The molecule has 1 amide bonds. The van der Waals surface area contributed by atoms with Crippen molar-refractivity contribution in [3.8, 4) is 22.5 Å². The molecule has 0 saturated heterocycles. The Labute approximate surface area is 222 Å². The molecule has 8 heteroatoms. The van der Waals surface area contributed by atoms with Gasteiger partial charge in [0.2, 0.25) is 0 Å². The van der Waals surface area contributed by atoms with Gasteiger partial charge in [0.15, 0.2) is 5.76 Å². The highest BCUT2D eigenvalue weighted by atomic mass is 79.9. The molecule has 7 nitrogen and oxygen atoms in total. The van der Waals surface area contributed by atoms with Gasteiger partial charge < -0.3 is 14.4 Å².